The lowest BCUT2D eigenvalue weighted by Gasteiger charge is -2.17. The Bertz CT molecular complexity index is 598. The van der Waals surface area contributed by atoms with Crippen molar-refractivity contribution in [2.75, 3.05) is 13.7 Å². The Morgan fingerprint density at radius 2 is 1.82 bits per heavy atom. The summed E-state index contributed by atoms with van der Waals surface area (Å²) in [7, 11) is 1.59. The third-order valence-corrected chi connectivity index (χ3v) is 3.45. The number of aliphatic hydroxyl groups excluding tert-OH is 1. The van der Waals surface area contributed by atoms with Gasteiger partial charge in [-0.3, -0.25) is 4.79 Å². The quantitative estimate of drug-likeness (QED) is 0.821. The van der Waals surface area contributed by atoms with Gasteiger partial charge in [0.05, 0.1) is 26.2 Å². The zero-order valence-corrected chi connectivity index (χ0v) is 12.7. The number of hydrogen-bond donors (Lipinski definition) is 2. The Balaban J connectivity index is 1.94. The van der Waals surface area contributed by atoms with Crippen LogP contribution >= 0.6 is 0 Å². The summed E-state index contributed by atoms with van der Waals surface area (Å²) in [5.41, 5.74) is 1.91. The molecule has 0 saturated carbocycles. The van der Waals surface area contributed by atoms with E-state index in [0.29, 0.717) is 12.2 Å². The molecular weight excluding hydrogens is 278 g/mol. The van der Waals surface area contributed by atoms with Gasteiger partial charge in [-0.1, -0.05) is 48.5 Å². The van der Waals surface area contributed by atoms with Crippen molar-refractivity contribution in [3.63, 3.8) is 0 Å². The summed E-state index contributed by atoms with van der Waals surface area (Å²) in [6.45, 7) is -0.0907. The fraction of sp³-hybridized carbons (Fsp3) is 0.278. The smallest absolute Gasteiger partial charge is 0.224 e. The van der Waals surface area contributed by atoms with E-state index in [4.69, 9.17) is 4.74 Å². The largest absolute Gasteiger partial charge is 0.496 e. The summed E-state index contributed by atoms with van der Waals surface area (Å²) < 4.78 is 5.24. The van der Waals surface area contributed by atoms with Crippen molar-refractivity contribution in [1.29, 1.82) is 0 Å². The number of benzene rings is 2. The monoisotopic (exact) mass is 299 g/mol. The Morgan fingerprint density at radius 3 is 2.50 bits per heavy atom. The number of aliphatic hydroxyl groups is 1. The molecular formula is C18H21NO3. The molecule has 1 atom stereocenters. The molecule has 0 aliphatic carbocycles. The maximum absolute atomic E-state index is 12.2. The van der Waals surface area contributed by atoms with Crippen LogP contribution < -0.4 is 10.1 Å². The van der Waals surface area contributed by atoms with Crippen LogP contribution in [0.5, 0.6) is 5.75 Å². The molecule has 0 aliphatic rings. The molecule has 0 heterocycles. The number of ether oxygens (including phenoxy) is 1. The minimum Gasteiger partial charge on any atom is -0.496 e. The van der Waals surface area contributed by atoms with Crippen LogP contribution in [0.1, 0.15) is 11.1 Å². The minimum atomic E-state index is -0.287. The molecule has 2 N–H and O–H groups in total. The highest BCUT2D eigenvalue weighted by atomic mass is 16.5. The van der Waals surface area contributed by atoms with Crippen molar-refractivity contribution in [3.8, 4) is 5.75 Å². The Labute approximate surface area is 130 Å². The molecule has 2 rings (SSSR count). The average Bonchev–Trinajstić information content (AvgIpc) is 2.55. The lowest BCUT2D eigenvalue weighted by Crippen LogP contribution is -2.39. The third-order valence-electron chi connectivity index (χ3n) is 3.45. The van der Waals surface area contributed by atoms with Gasteiger partial charge in [0, 0.05) is 5.56 Å². The summed E-state index contributed by atoms with van der Waals surface area (Å²) in [6.07, 6.45) is 0.838. The van der Waals surface area contributed by atoms with E-state index in [-0.39, 0.29) is 25.0 Å². The first-order valence-corrected chi connectivity index (χ1v) is 7.29. The number of nitrogens with one attached hydrogen (secondary N) is 1. The molecule has 0 radical (unpaired) electrons. The van der Waals surface area contributed by atoms with Crippen molar-refractivity contribution in [3.05, 3.63) is 65.7 Å². The lowest BCUT2D eigenvalue weighted by atomic mass is 10.1. The SMILES string of the molecule is COc1ccccc1CC(=O)NC(CO)Cc1ccccc1. The number of rotatable bonds is 7. The molecule has 4 nitrogen and oxygen atoms in total. The second kappa shape index (κ2) is 8.20. The van der Waals surface area contributed by atoms with Crippen LogP contribution in [-0.4, -0.2) is 30.8 Å². The number of carbonyl (C=O) groups is 1. The van der Waals surface area contributed by atoms with Crippen molar-refractivity contribution < 1.29 is 14.6 Å². The van der Waals surface area contributed by atoms with Crippen LogP contribution in [-0.2, 0) is 17.6 Å². The molecule has 1 unspecified atom stereocenters. The molecule has 1 amide bonds. The van der Waals surface area contributed by atoms with Gasteiger partial charge in [0.15, 0.2) is 0 Å². The van der Waals surface area contributed by atoms with Crippen LogP contribution in [0.25, 0.3) is 0 Å². The molecule has 2 aromatic rings. The summed E-state index contributed by atoms with van der Waals surface area (Å²) in [4.78, 5) is 12.2. The van der Waals surface area contributed by atoms with Crippen LogP contribution in [0.2, 0.25) is 0 Å². The molecule has 0 saturated heterocycles. The van der Waals surface area contributed by atoms with E-state index in [9.17, 15) is 9.90 Å². The number of carbonyl (C=O) groups excluding carboxylic acids is 1. The fourth-order valence-electron chi connectivity index (χ4n) is 2.36. The molecule has 0 bridgehead atoms. The van der Waals surface area contributed by atoms with Gasteiger partial charge >= 0.3 is 0 Å². The molecule has 0 aliphatic heterocycles. The van der Waals surface area contributed by atoms with Gasteiger partial charge in [-0.25, -0.2) is 0 Å². The Kier molecular flexibility index (Phi) is 5.98. The lowest BCUT2D eigenvalue weighted by molar-refractivity contribution is -0.121. The van der Waals surface area contributed by atoms with E-state index >= 15 is 0 Å². The van der Waals surface area contributed by atoms with Gasteiger partial charge in [0.25, 0.3) is 0 Å². The van der Waals surface area contributed by atoms with Crippen LogP contribution in [0, 0.1) is 0 Å². The summed E-state index contributed by atoms with van der Waals surface area (Å²) in [5.74, 6) is 0.570. The fourth-order valence-corrected chi connectivity index (χ4v) is 2.36. The first-order chi connectivity index (χ1) is 10.7. The predicted molar refractivity (Wildman–Crippen MR) is 85.9 cm³/mol. The number of para-hydroxylation sites is 1. The zero-order valence-electron chi connectivity index (χ0n) is 12.7. The van der Waals surface area contributed by atoms with Crippen molar-refractivity contribution in [2.24, 2.45) is 0 Å². The molecule has 0 aromatic heterocycles. The van der Waals surface area contributed by atoms with Crippen molar-refractivity contribution in [1.82, 2.24) is 5.32 Å². The van der Waals surface area contributed by atoms with Crippen LogP contribution in [0.3, 0.4) is 0 Å². The normalized spacial score (nSPS) is 11.7. The summed E-state index contributed by atoms with van der Waals surface area (Å²) in [6, 6.07) is 16.9. The molecule has 116 valence electrons. The molecule has 22 heavy (non-hydrogen) atoms. The first kappa shape index (κ1) is 16.0. The van der Waals surface area contributed by atoms with E-state index in [0.717, 1.165) is 11.1 Å². The topological polar surface area (TPSA) is 58.6 Å². The molecule has 2 aromatic carbocycles. The van der Waals surface area contributed by atoms with E-state index in [1.54, 1.807) is 7.11 Å². The van der Waals surface area contributed by atoms with Gasteiger partial charge < -0.3 is 15.2 Å². The van der Waals surface area contributed by atoms with E-state index in [1.807, 2.05) is 54.6 Å². The van der Waals surface area contributed by atoms with E-state index in [2.05, 4.69) is 5.32 Å². The number of methoxy groups -OCH3 is 1. The maximum Gasteiger partial charge on any atom is 0.224 e. The molecule has 0 fully saturated rings. The molecule has 0 spiro atoms. The Hall–Kier alpha value is -2.33. The summed E-state index contributed by atoms with van der Waals surface area (Å²) in [5, 5.41) is 12.3. The van der Waals surface area contributed by atoms with Gasteiger partial charge in [-0.05, 0) is 18.1 Å². The Morgan fingerprint density at radius 1 is 1.14 bits per heavy atom. The maximum atomic E-state index is 12.2. The number of hydrogen-bond acceptors (Lipinski definition) is 3. The highest BCUT2D eigenvalue weighted by Crippen LogP contribution is 2.17. The van der Waals surface area contributed by atoms with Crippen molar-refractivity contribution in [2.45, 2.75) is 18.9 Å². The highest BCUT2D eigenvalue weighted by Gasteiger charge is 2.14. The standard InChI is InChI=1S/C18H21NO3/c1-22-17-10-6-5-9-15(17)12-18(21)19-16(13-20)11-14-7-3-2-4-8-14/h2-10,16,20H,11-13H2,1H3,(H,19,21). The van der Waals surface area contributed by atoms with E-state index < -0.39 is 0 Å². The second-order valence-electron chi connectivity index (χ2n) is 5.13. The van der Waals surface area contributed by atoms with Gasteiger partial charge in [-0.15, -0.1) is 0 Å². The van der Waals surface area contributed by atoms with Crippen LogP contribution in [0.4, 0.5) is 0 Å². The van der Waals surface area contributed by atoms with Crippen LogP contribution in [0.15, 0.2) is 54.6 Å². The number of amides is 1. The van der Waals surface area contributed by atoms with Gasteiger partial charge in [-0.2, -0.15) is 0 Å². The molecule has 4 heteroatoms. The highest BCUT2D eigenvalue weighted by molar-refractivity contribution is 5.79. The zero-order chi connectivity index (χ0) is 15.8. The minimum absolute atomic E-state index is 0.0907. The summed E-state index contributed by atoms with van der Waals surface area (Å²) >= 11 is 0. The van der Waals surface area contributed by atoms with E-state index in [1.165, 1.54) is 0 Å². The third kappa shape index (κ3) is 4.60. The second-order valence-corrected chi connectivity index (χ2v) is 5.13. The van der Waals surface area contributed by atoms with Gasteiger partial charge in [0.1, 0.15) is 5.75 Å². The average molecular weight is 299 g/mol. The van der Waals surface area contributed by atoms with Gasteiger partial charge in [0.2, 0.25) is 5.91 Å². The van der Waals surface area contributed by atoms with Crippen molar-refractivity contribution >= 4 is 5.91 Å². The first-order valence-electron chi connectivity index (χ1n) is 7.29. The predicted octanol–water partition coefficient (Wildman–Crippen LogP) is 1.96.